The Labute approximate surface area is 169 Å². The number of ether oxygens (including phenoxy) is 1. The van der Waals surface area contributed by atoms with Gasteiger partial charge < -0.3 is 15.4 Å². The third-order valence-corrected chi connectivity index (χ3v) is 5.36. The monoisotopic (exact) mass is 392 g/mol. The van der Waals surface area contributed by atoms with Gasteiger partial charge in [0.15, 0.2) is 0 Å². The van der Waals surface area contributed by atoms with Crippen molar-refractivity contribution in [2.45, 2.75) is 18.5 Å². The summed E-state index contributed by atoms with van der Waals surface area (Å²) in [6, 6.07) is 16.8. The van der Waals surface area contributed by atoms with Crippen molar-refractivity contribution in [1.29, 1.82) is 0 Å². The molecule has 0 bridgehead atoms. The number of nitrogens with zero attached hydrogens (tertiary/aromatic N) is 2. The predicted molar refractivity (Wildman–Crippen MR) is 111 cm³/mol. The molecule has 2 amide bonds. The number of aliphatic imine (C=N–C) groups is 1. The number of carbonyl (C=O) groups is 2. The van der Waals surface area contributed by atoms with E-state index in [1.165, 1.54) is 0 Å². The SMILES string of the molecule is COc1ccc(C2=NC3(CCN(CC(=O)Nc4ccccc4)CC3)NC2=O)cc1. The fourth-order valence-corrected chi connectivity index (χ4v) is 3.75. The Hall–Kier alpha value is -3.19. The molecule has 150 valence electrons. The van der Waals surface area contributed by atoms with Gasteiger partial charge in [-0.2, -0.15) is 0 Å². The molecule has 0 atom stereocenters. The predicted octanol–water partition coefficient (Wildman–Crippen LogP) is 2.04. The van der Waals surface area contributed by atoms with Gasteiger partial charge in [-0.15, -0.1) is 0 Å². The van der Waals surface area contributed by atoms with Crippen LogP contribution in [0.25, 0.3) is 0 Å². The standard InChI is InChI=1S/C22H24N4O3/c1-29-18-9-7-16(8-10-18)20-21(28)25-22(24-20)11-13-26(14-12-22)15-19(27)23-17-5-3-2-4-6-17/h2-10H,11-15H2,1H3,(H,23,27)(H,25,28). The minimum atomic E-state index is -0.571. The molecule has 7 heteroatoms. The van der Waals surface area contributed by atoms with Gasteiger partial charge in [-0.05, 0) is 36.4 Å². The maximum atomic E-state index is 12.5. The molecule has 7 nitrogen and oxygen atoms in total. The smallest absolute Gasteiger partial charge is 0.272 e. The van der Waals surface area contributed by atoms with E-state index in [0.29, 0.717) is 38.2 Å². The molecule has 4 rings (SSSR count). The summed E-state index contributed by atoms with van der Waals surface area (Å²) in [5.74, 6) is 0.556. The number of hydrogen-bond acceptors (Lipinski definition) is 5. The van der Waals surface area contributed by atoms with Crippen molar-refractivity contribution in [3.05, 3.63) is 60.2 Å². The maximum absolute atomic E-state index is 12.5. The first-order valence-corrected chi connectivity index (χ1v) is 9.71. The van der Waals surface area contributed by atoms with Gasteiger partial charge in [0.1, 0.15) is 17.1 Å². The number of para-hydroxylation sites is 1. The number of nitrogens with one attached hydrogen (secondary N) is 2. The molecule has 0 aromatic heterocycles. The van der Waals surface area contributed by atoms with Crippen LogP contribution < -0.4 is 15.4 Å². The van der Waals surface area contributed by atoms with Crippen molar-refractivity contribution in [3.8, 4) is 5.75 Å². The zero-order valence-corrected chi connectivity index (χ0v) is 16.4. The first kappa shape index (κ1) is 19.1. The number of methoxy groups -OCH3 is 1. The van der Waals surface area contributed by atoms with E-state index < -0.39 is 5.66 Å². The summed E-state index contributed by atoms with van der Waals surface area (Å²) in [6.07, 6.45) is 1.36. The number of piperidine rings is 1. The molecule has 0 radical (unpaired) electrons. The first-order chi connectivity index (χ1) is 14.1. The second kappa shape index (κ2) is 8.05. The van der Waals surface area contributed by atoms with Crippen molar-refractivity contribution < 1.29 is 14.3 Å². The average Bonchev–Trinajstić information content (AvgIpc) is 3.06. The van der Waals surface area contributed by atoms with Crippen LogP contribution in [-0.4, -0.2) is 54.8 Å². The van der Waals surface area contributed by atoms with Crippen LogP contribution in [0.4, 0.5) is 5.69 Å². The number of likely N-dealkylation sites (tertiary alicyclic amines) is 1. The van der Waals surface area contributed by atoms with Crippen LogP contribution in [0.3, 0.4) is 0 Å². The zero-order valence-electron chi connectivity index (χ0n) is 16.4. The highest BCUT2D eigenvalue weighted by Crippen LogP contribution is 2.29. The Bertz CT molecular complexity index is 917. The normalized spacial score (nSPS) is 18.2. The topological polar surface area (TPSA) is 83.0 Å². The van der Waals surface area contributed by atoms with Crippen molar-refractivity contribution >= 4 is 23.2 Å². The highest BCUT2D eigenvalue weighted by atomic mass is 16.5. The molecule has 2 heterocycles. The molecule has 2 aliphatic rings. The van der Waals surface area contributed by atoms with Gasteiger partial charge in [0.2, 0.25) is 5.91 Å². The van der Waals surface area contributed by atoms with Crippen molar-refractivity contribution in [2.75, 3.05) is 32.1 Å². The zero-order chi connectivity index (χ0) is 20.3. The van der Waals surface area contributed by atoms with Crippen LogP contribution in [0.1, 0.15) is 18.4 Å². The molecule has 0 aliphatic carbocycles. The fourth-order valence-electron chi connectivity index (χ4n) is 3.75. The molecule has 1 saturated heterocycles. The van der Waals surface area contributed by atoms with E-state index in [1.807, 2.05) is 54.6 Å². The molecule has 0 saturated carbocycles. The van der Waals surface area contributed by atoms with Crippen molar-refractivity contribution in [2.24, 2.45) is 4.99 Å². The Morgan fingerprint density at radius 2 is 1.83 bits per heavy atom. The number of anilines is 1. The summed E-state index contributed by atoms with van der Waals surface area (Å²) >= 11 is 0. The average molecular weight is 392 g/mol. The minimum absolute atomic E-state index is 0.0370. The Morgan fingerprint density at radius 1 is 1.14 bits per heavy atom. The highest BCUT2D eigenvalue weighted by Gasteiger charge is 2.42. The second-order valence-electron chi connectivity index (χ2n) is 7.36. The third-order valence-electron chi connectivity index (χ3n) is 5.36. The van der Waals surface area contributed by atoms with Crippen LogP contribution in [0, 0.1) is 0 Å². The number of rotatable bonds is 5. The Morgan fingerprint density at radius 3 is 2.48 bits per heavy atom. The highest BCUT2D eigenvalue weighted by molar-refractivity contribution is 6.46. The molecular weight excluding hydrogens is 368 g/mol. The number of amides is 2. The van der Waals surface area contributed by atoms with Gasteiger partial charge in [-0.25, -0.2) is 0 Å². The minimum Gasteiger partial charge on any atom is -0.497 e. The van der Waals surface area contributed by atoms with E-state index in [0.717, 1.165) is 17.0 Å². The second-order valence-corrected chi connectivity index (χ2v) is 7.36. The van der Waals surface area contributed by atoms with Gasteiger partial charge in [-0.3, -0.25) is 19.5 Å². The van der Waals surface area contributed by atoms with Crippen LogP contribution in [0.2, 0.25) is 0 Å². The number of benzene rings is 2. The molecule has 2 aromatic rings. The van der Waals surface area contributed by atoms with Crippen LogP contribution in [0.15, 0.2) is 59.6 Å². The van der Waals surface area contributed by atoms with Gasteiger partial charge in [-0.1, -0.05) is 18.2 Å². The quantitative estimate of drug-likeness (QED) is 0.816. The molecule has 2 N–H and O–H groups in total. The maximum Gasteiger partial charge on any atom is 0.272 e. The van der Waals surface area contributed by atoms with E-state index >= 15 is 0 Å². The van der Waals surface area contributed by atoms with E-state index in [1.54, 1.807) is 7.11 Å². The molecule has 2 aromatic carbocycles. The van der Waals surface area contributed by atoms with Crippen LogP contribution >= 0.6 is 0 Å². The Kier molecular flexibility index (Phi) is 5.31. The summed E-state index contributed by atoms with van der Waals surface area (Å²) < 4.78 is 5.17. The first-order valence-electron chi connectivity index (χ1n) is 9.71. The summed E-state index contributed by atoms with van der Waals surface area (Å²) in [7, 11) is 1.61. The molecular formula is C22H24N4O3. The lowest BCUT2D eigenvalue weighted by Crippen LogP contribution is -2.52. The van der Waals surface area contributed by atoms with E-state index in [-0.39, 0.29) is 11.8 Å². The van der Waals surface area contributed by atoms with Crippen LogP contribution in [0.5, 0.6) is 5.75 Å². The molecule has 1 spiro atoms. The van der Waals surface area contributed by atoms with Gasteiger partial charge in [0, 0.05) is 37.2 Å². The number of hydrogen-bond donors (Lipinski definition) is 2. The van der Waals surface area contributed by atoms with Crippen molar-refractivity contribution in [3.63, 3.8) is 0 Å². The van der Waals surface area contributed by atoms with Gasteiger partial charge >= 0.3 is 0 Å². The van der Waals surface area contributed by atoms with E-state index in [4.69, 9.17) is 9.73 Å². The van der Waals surface area contributed by atoms with E-state index in [2.05, 4.69) is 15.5 Å². The molecule has 0 unspecified atom stereocenters. The largest absolute Gasteiger partial charge is 0.497 e. The lowest BCUT2D eigenvalue weighted by molar-refractivity contribution is -0.119. The lowest BCUT2D eigenvalue weighted by atomic mass is 9.98. The van der Waals surface area contributed by atoms with E-state index in [9.17, 15) is 9.59 Å². The van der Waals surface area contributed by atoms with Gasteiger partial charge in [0.25, 0.3) is 5.91 Å². The lowest BCUT2D eigenvalue weighted by Gasteiger charge is -2.36. The Balaban J connectivity index is 1.36. The van der Waals surface area contributed by atoms with Crippen molar-refractivity contribution in [1.82, 2.24) is 10.2 Å². The summed E-state index contributed by atoms with van der Waals surface area (Å²) in [4.78, 5) is 31.6. The summed E-state index contributed by atoms with van der Waals surface area (Å²) in [6.45, 7) is 1.72. The summed E-state index contributed by atoms with van der Waals surface area (Å²) in [5, 5.41) is 5.97. The molecule has 2 aliphatic heterocycles. The third kappa shape index (κ3) is 4.30. The fraction of sp³-hybridized carbons (Fsp3) is 0.318. The molecule has 29 heavy (non-hydrogen) atoms. The number of carbonyl (C=O) groups excluding carboxylic acids is 2. The van der Waals surface area contributed by atoms with Gasteiger partial charge in [0.05, 0.1) is 13.7 Å². The van der Waals surface area contributed by atoms with Crippen LogP contribution in [-0.2, 0) is 9.59 Å². The summed E-state index contributed by atoms with van der Waals surface area (Å²) in [5.41, 5.74) is 1.47. The molecule has 1 fully saturated rings.